The number of rotatable bonds is 2. The number of halogens is 1. The van der Waals surface area contributed by atoms with Crippen molar-refractivity contribution >= 4 is 23.8 Å². The molecule has 15 heavy (non-hydrogen) atoms. The van der Waals surface area contributed by atoms with Gasteiger partial charge < -0.3 is 0 Å². The van der Waals surface area contributed by atoms with Gasteiger partial charge in [0.15, 0.2) is 0 Å². The van der Waals surface area contributed by atoms with Gasteiger partial charge in [-0.3, -0.25) is 31.9 Å². The van der Waals surface area contributed by atoms with Gasteiger partial charge in [-0.1, -0.05) is 0 Å². The van der Waals surface area contributed by atoms with Gasteiger partial charge in [0.1, 0.15) is 0 Å². The number of hydrazine groups is 1. The second kappa shape index (κ2) is 4.64. The van der Waals surface area contributed by atoms with E-state index in [9.17, 15) is 20.2 Å². The minimum absolute atomic E-state index is 0. The summed E-state index contributed by atoms with van der Waals surface area (Å²) < 4.78 is 0. The van der Waals surface area contributed by atoms with Gasteiger partial charge in [-0.15, -0.1) is 12.4 Å². The van der Waals surface area contributed by atoms with Crippen LogP contribution in [0.2, 0.25) is 0 Å². The molecule has 82 valence electrons. The molecule has 2 aliphatic rings. The third-order valence-corrected chi connectivity index (χ3v) is 1.81. The van der Waals surface area contributed by atoms with Crippen molar-refractivity contribution in [1.29, 1.82) is 0 Å². The van der Waals surface area contributed by atoms with Gasteiger partial charge in [-0.05, 0) is 12.1 Å². The minimum atomic E-state index is -0.722. The predicted octanol–water partition coefficient (Wildman–Crippen LogP) is 0.724. The number of nitrogens with two attached hydrogens (primary N) is 2. The number of hydrogen-bond donors (Lipinski definition) is 2. The first-order valence-electron chi connectivity index (χ1n) is 3.42. The lowest BCUT2D eigenvalue weighted by Crippen LogP contribution is -2.08. The maximum Gasteiger partial charge on any atom is 0.354 e. The van der Waals surface area contributed by atoms with Crippen molar-refractivity contribution in [3.8, 4) is 11.1 Å². The summed E-state index contributed by atoms with van der Waals surface area (Å²) in [4.78, 5) is 19.1. The molecule has 0 aliphatic heterocycles. The number of nitro groups is 2. The SMILES string of the molecule is Cl.NN.O=[N+]([O-])c1c2ccc-2c1[N+](=O)[O-]. The molecule has 0 aromatic rings. The van der Waals surface area contributed by atoms with E-state index in [2.05, 4.69) is 11.7 Å². The van der Waals surface area contributed by atoms with E-state index in [0.717, 1.165) is 0 Å². The normalized spacial score (nSPS) is 9.20. The molecule has 0 atom stereocenters. The molecular weight excluding hydrogens is 228 g/mol. The summed E-state index contributed by atoms with van der Waals surface area (Å²) in [5.74, 6) is 8.00. The van der Waals surface area contributed by atoms with Gasteiger partial charge in [0.25, 0.3) is 0 Å². The summed E-state index contributed by atoms with van der Waals surface area (Å²) in [5, 5.41) is 20.5. The molecule has 9 heteroatoms. The smallest absolute Gasteiger partial charge is 0.274 e. The number of benzene rings is 1. The van der Waals surface area contributed by atoms with Crippen LogP contribution in [0.4, 0.5) is 11.4 Å². The molecule has 2 aliphatic carbocycles. The number of nitrogens with zero attached hydrogens (tertiary/aromatic N) is 2. The molecule has 0 amide bonds. The number of hydrogen-bond acceptors (Lipinski definition) is 6. The quantitative estimate of drug-likeness (QED) is 0.446. The molecule has 0 aromatic carbocycles. The molecule has 0 fully saturated rings. The van der Waals surface area contributed by atoms with Crippen molar-refractivity contribution in [1.82, 2.24) is 0 Å². The first-order chi connectivity index (χ1) is 6.63. The molecule has 0 heterocycles. The molecule has 2 rings (SSSR count). The molecule has 0 unspecified atom stereocenters. The summed E-state index contributed by atoms with van der Waals surface area (Å²) in [6.45, 7) is 0. The zero-order valence-electron chi connectivity index (χ0n) is 7.25. The van der Waals surface area contributed by atoms with Gasteiger partial charge in [-0.2, -0.15) is 0 Å². The van der Waals surface area contributed by atoms with Crippen molar-refractivity contribution in [2.75, 3.05) is 0 Å². The van der Waals surface area contributed by atoms with Crippen molar-refractivity contribution in [3.63, 3.8) is 0 Å². The zero-order valence-corrected chi connectivity index (χ0v) is 8.06. The van der Waals surface area contributed by atoms with E-state index < -0.39 is 9.85 Å². The Labute approximate surface area is 89.5 Å². The fraction of sp³-hybridized carbons (Fsp3) is 0. The van der Waals surface area contributed by atoms with Gasteiger partial charge in [0.05, 0.1) is 21.0 Å². The van der Waals surface area contributed by atoms with Crippen molar-refractivity contribution in [2.24, 2.45) is 11.7 Å². The monoisotopic (exact) mass is 234 g/mol. The van der Waals surface area contributed by atoms with E-state index in [1.54, 1.807) is 0 Å². The van der Waals surface area contributed by atoms with Crippen LogP contribution in [0.5, 0.6) is 0 Å². The van der Waals surface area contributed by atoms with Crippen LogP contribution in [0.15, 0.2) is 12.1 Å². The Bertz CT molecular complexity index is 383. The molecule has 0 radical (unpaired) electrons. The highest BCUT2D eigenvalue weighted by molar-refractivity contribution is 6.00. The van der Waals surface area contributed by atoms with Crippen LogP contribution in [0.1, 0.15) is 0 Å². The van der Waals surface area contributed by atoms with E-state index in [1.165, 1.54) is 12.1 Å². The third kappa shape index (κ3) is 1.73. The summed E-state index contributed by atoms with van der Waals surface area (Å²) in [6, 6.07) is 3.00. The highest BCUT2D eigenvalue weighted by Crippen LogP contribution is 2.53. The fourth-order valence-corrected chi connectivity index (χ4v) is 1.23. The lowest BCUT2D eigenvalue weighted by atomic mass is 9.88. The molecule has 4 N–H and O–H groups in total. The average Bonchev–Trinajstić information content (AvgIpc) is 2.10. The van der Waals surface area contributed by atoms with E-state index in [0.29, 0.717) is 11.1 Å². The standard InChI is InChI=1S/C6H2N2O4.ClH.H4N2/c9-7(10)5-3-1-2-4(3)6(5)8(11)12;;1-2/h1-2H;1H;1-2H2. The highest BCUT2D eigenvalue weighted by Gasteiger charge is 2.43. The third-order valence-electron chi connectivity index (χ3n) is 1.81. The molecule has 0 spiro atoms. The lowest BCUT2D eigenvalue weighted by molar-refractivity contribution is -0.424. The van der Waals surface area contributed by atoms with Gasteiger partial charge in [-0.25, -0.2) is 0 Å². The molecule has 8 nitrogen and oxygen atoms in total. The van der Waals surface area contributed by atoms with E-state index in [4.69, 9.17) is 0 Å². The summed E-state index contributed by atoms with van der Waals surface area (Å²) in [6.07, 6.45) is 0. The first-order valence-corrected chi connectivity index (χ1v) is 3.42. The molecule has 0 bridgehead atoms. The molecule has 0 aromatic heterocycles. The highest BCUT2D eigenvalue weighted by atomic mass is 35.5. The predicted molar refractivity (Wildman–Crippen MR) is 54.4 cm³/mol. The molecular formula is C6H7ClN4O4. The zero-order chi connectivity index (χ0) is 10.9. The first kappa shape index (κ1) is 13.2. The Kier molecular flexibility index (Phi) is 4.09. The van der Waals surface area contributed by atoms with Crippen molar-refractivity contribution in [3.05, 3.63) is 32.4 Å². The van der Waals surface area contributed by atoms with Gasteiger partial charge >= 0.3 is 11.4 Å². The maximum atomic E-state index is 10.3. The Hall–Kier alpha value is -1.77. The van der Waals surface area contributed by atoms with Crippen LogP contribution >= 0.6 is 12.4 Å². The van der Waals surface area contributed by atoms with Crippen LogP contribution in [0, 0.1) is 20.2 Å². The Morgan fingerprint density at radius 1 is 0.933 bits per heavy atom. The van der Waals surface area contributed by atoms with Crippen LogP contribution in [-0.2, 0) is 0 Å². The topological polar surface area (TPSA) is 138 Å². The van der Waals surface area contributed by atoms with Crippen LogP contribution in [0.25, 0.3) is 11.1 Å². The molecule has 0 saturated heterocycles. The van der Waals surface area contributed by atoms with Crippen molar-refractivity contribution in [2.45, 2.75) is 0 Å². The Balaban J connectivity index is 0.000000617. The van der Waals surface area contributed by atoms with E-state index >= 15 is 0 Å². The second-order valence-corrected chi connectivity index (χ2v) is 2.37. The summed E-state index contributed by atoms with van der Waals surface area (Å²) in [7, 11) is 0. The Morgan fingerprint density at radius 2 is 1.20 bits per heavy atom. The van der Waals surface area contributed by atoms with Crippen molar-refractivity contribution < 1.29 is 9.85 Å². The fourth-order valence-electron chi connectivity index (χ4n) is 1.23. The van der Waals surface area contributed by atoms with E-state index in [1.807, 2.05) is 0 Å². The maximum absolute atomic E-state index is 10.3. The largest absolute Gasteiger partial charge is 0.354 e. The van der Waals surface area contributed by atoms with Crippen LogP contribution in [0.3, 0.4) is 0 Å². The van der Waals surface area contributed by atoms with Crippen LogP contribution in [-0.4, -0.2) is 9.85 Å². The lowest BCUT2D eigenvalue weighted by Gasteiger charge is -2.14. The Morgan fingerprint density at radius 3 is 1.33 bits per heavy atom. The number of fused-ring (bicyclic) bond motifs is 1. The van der Waals surface area contributed by atoms with E-state index in [-0.39, 0.29) is 23.8 Å². The summed E-state index contributed by atoms with van der Waals surface area (Å²) >= 11 is 0. The van der Waals surface area contributed by atoms with Crippen LogP contribution < -0.4 is 11.7 Å². The second-order valence-electron chi connectivity index (χ2n) is 2.37. The van der Waals surface area contributed by atoms with Gasteiger partial charge in [0.2, 0.25) is 0 Å². The number of nitro benzene ring substituents is 2. The summed E-state index contributed by atoms with van der Waals surface area (Å²) in [5.41, 5.74) is 0.0633. The van der Waals surface area contributed by atoms with Gasteiger partial charge in [0, 0.05) is 0 Å². The molecule has 0 saturated carbocycles. The minimum Gasteiger partial charge on any atom is -0.274 e. The average molecular weight is 235 g/mol.